The summed E-state index contributed by atoms with van der Waals surface area (Å²) in [5.41, 5.74) is 11.1. The Morgan fingerprint density at radius 1 is 0.408 bits per heavy atom. The van der Waals surface area contributed by atoms with Gasteiger partial charge in [0.2, 0.25) is 0 Å². The SMILES string of the molecule is Cc1cc(-c2cccc(-c3cccc(-c4nc(-c5ccccc5)nc(-c5ccccc5)n4)c3)c2)c2ccc3ccc(C(C)(C)C)nc3c2n1. The van der Waals surface area contributed by atoms with E-state index < -0.39 is 0 Å². The lowest BCUT2D eigenvalue weighted by atomic mass is 9.91. The Balaban J connectivity index is 1.23. The van der Waals surface area contributed by atoms with Crippen LogP contribution in [0.15, 0.2) is 140 Å². The first kappa shape index (κ1) is 30.3. The zero-order chi connectivity index (χ0) is 33.5. The summed E-state index contributed by atoms with van der Waals surface area (Å²) in [7, 11) is 0. The molecule has 0 amide bonds. The molecule has 5 nitrogen and oxygen atoms in total. The lowest BCUT2D eigenvalue weighted by molar-refractivity contribution is 0.571. The summed E-state index contributed by atoms with van der Waals surface area (Å²) in [5, 5.41) is 2.19. The number of fused-ring (bicyclic) bond motifs is 3. The lowest BCUT2D eigenvalue weighted by Crippen LogP contribution is -2.13. The average Bonchev–Trinajstić information content (AvgIpc) is 3.14. The molecule has 3 aromatic heterocycles. The van der Waals surface area contributed by atoms with Crippen LogP contribution in [0.3, 0.4) is 0 Å². The van der Waals surface area contributed by atoms with Crippen LogP contribution in [-0.4, -0.2) is 24.9 Å². The van der Waals surface area contributed by atoms with Crippen molar-refractivity contribution in [3.05, 3.63) is 151 Å². The molecular formula is C44H35N5. The van der Waals surface area contributed by atoms with Crippen LogP contribution in [-0.2, 0) is 5.41 Å². The van der Waals surface area contributed by atoms with Crippen LogP contribution >= 0.6 is 0 Å². The third-order valence-electron chi connectivity index (χ3n) is 8.86. The topological polar surface area (TPSA) is 64.5 Å². The van der Waals surface area contributed by atoms with Gasteiger partial charge < -0.3 is 0 Å². The lowest BCUT2D eigenvalue weighted by Gasteiger charge is -2.18. The molecule has 0 bridgehead atoms. The van der Waals surface area contributed by atoms with E-state index in [9.17, 15) is 0 Å². The van der Waals surface area contributed by atoms with Gasteiger partial charge in [-0.25, -0.2) is 19.9 Å². The quantitative estimate of drug-likeness (QED) is 0.176. The Kier molecular flexibility index (Phi) is 7.53. The van der Waals surface area contributed by atoms with Gasteiger partial charge in [0.15, 0.2) is 17.5 Å². The van der Waals surface area contributed by atoms with Gasteiger partial charge in [0.1, 0.15) is 0 Å². The fraction of sp³-hybridized carbons (Fsp3) is 0.114. The molecule has 5 aromatic carbocycles. The summed E-state index contributed by atoms with van der Waals surface area (Å²) in [5.74, 6) is 1.93. The molecular weight excluding hydrogens is 599 g/mol. The van der Waals surface area contributed by atoms with E-state index in [2.05, 4.69) is 107 Å². The monoisotopic (exact) mass is 633 g/mol. The van der Waals surface area contributed by atoms with Gasteiger partial charge in [0.05, 0.1) is 11.0 Å². The third kappa shape index (κ3) is 5.96. The van der Waals surface area contributed by atoms with Crippen molar-refractivity contribution in [2.45, 2.75) is 33.1 Å². The van der Waals surface area contributed by atoms with Gasteiger partial charge >= 0.3 is 0 Å². The summed E-state index contributed by atoms with van der Waals surface area (Å²) in [6, 6.07) is 48.1. The van der Waals surface area contributed by atoms with Gasteiger partial charge in [0, 0.05) is 44.3 Å². The Labute approximate surface area is 286 Å². The first-order chi connectivity index (χ1) is 23.8. The third-order valence-corrected chi connectivity index (χ3v) is 8.86. The van der Waals surface area contributed by atoms with Crippen molar-refractivity contribution >= 4 is 21.8 Å². The highest BCUT2D eigenvalue weighted by Crippen LogP contribution is 2.36. The minimum atomic E-state index is -0.0561. The highest BCUT2D eigenvalue weighted by Gasteiger charge is 2.18. The summed E-state index contributed by atoms with van der Waals surface area (Å²) in [6.07, 6.45) is 0. The van der Waals surface area contributed by atoms with Gasteiger partial charge in [0.25, 0.3) is 0 Å². The highest BCUT2D eigenvalue weighted by atomic mass is 15.0. The standard InChI is InChI=1S/C44H35N5/c1-28-25-37(36-23-21-29-22-24-38(44(2,3)4)46-39(29)40(36)45-28)34-19-11-17-32(26-34)33-18-12-20-35(27-33)43-48-41(30-13-7-5-8-14-30)47-42(49-43)31-15-9-6-10-16-31/h5-27H,1-4H3. The van der Waals surface area contributed by atoms with Crippen molar-refractivity contribution in [2.75, 3.05) is 0 Å². The molecule has 0 spiro atoms. The molecule has 0 aliphatic heterocycles. The van der Waals surface area contributed by atoms with Crippen LogP contribution in [0.4, 0.5) is 0 Å². The van der Waals surface area contributed by atoms with Gasteiger partial charge in [-0.15, -0.1) is 0 Å². The maximum absolute atomic E-state index is 5.13. The molecule has 0 saturated carbocycles. The van der Waals surface area contributed by atoms with E-state index in [4.69, 9.17) is 24.9 Å². The van der Waals surface area contributed by atoms with Crippen molar-refractivity contribution in [3.63, 3.8) is 0 Å². The van der Waals surface area contributed by atoms with Crippen molar-refractivity contribution in [2.24, 2.45) is 0 Å². The van der Waals surface area contributed by atoms with E-state index in [1.54, 1.807) is 0 Å². The van der Waals surface area contributed by atoms with E-state index in [1.165, 1.54) is 0 Å². The maximum atomic E-state index is 5.13. The van der Waals surface area contributed by atoms with E-state index in [1.807, 2.05) is 60.7 Å². The number of aromatic nitrogens is 5. The van der Waals surface area contributed by atoms with Crippen LogP contribution in [0.25, 0.3) is 78.2 Å². The zero-order valence-corrected chi connectivity index (χ0v) is 28.0. The van der Waals surface area contributed by atoms with Gasteiger partial charge in [-0.05, 0) is 53.4 Å². The van der Waals surface area contributed by atoms with E-state index in [0.717, 1.165) is 72.1 Å². The predicted octanol–water partition coefficient (Wildman–Crippen LogP) is 10.9. The summed E-state index contributed by atoms with van der Waals surface area (Å²) in [6.45, 7) is 8.65. The predicted molar refractivity (Wildman–Crippen MR) is 201 cm³/mol. The molecule has 0 aliphatic rings. The molecule has 236 valence electrons. The number of rotatable bonds is 5. The Bertz CT molecular complexity index is 2420. The van der Waals surface area contributed by atoms with Gasteiger partial charge in [-0.2, -0.15) is 0 Å². The number of pyridine rings is 2. The van der Waals surface area contributed by atoms with Crippen molar-refractivity contribution in [1.82, 2.24) is 24.9 Å². The minimum absolute atomic E-state index is 0.0561. The number of hydrogen-bond donors (Lipinski definition) is 0. The second-order valence-corrected chi connectivity index (χ2v) is 13.5. The summed E-state index contributed by atoms with van der Waals surface area (Å²) >= 11 is 0. The van der Waals surface area contributed by atoms with Crippen LogP contribution in [0.5, 0.6) is 0 Å². The Morgan fingerprint density at radius 2 is 0.918 bits per heavy atom. The number of hydrogen-bond acceptors (Lipinski definition) is 5. The second kappa shape index (κ2) is 12.2. The Morgan fingerprint density at radius 3 is 1.53 bits per heavy atom. The maximum Gasteiger partial charge on any atom is 0.164 e. The van der Waals surface area contributed by atoms with E-state index >= 15 is 0 Å². The molecule has 8 rings (SSSR count). The fourth-order valence-corrected chi connectivity index (χ4v) is 6.30. The van der Waals surface area contributed by atoms with Gasteiger partial charge in [-0.3, -0.25) is 4.98 Å². The van der Waals surface area contributed by atoms with Crippen molar-refractivity contribution < 1.29 is 0 Å². The molecule has 49 heavy (non-hydrogen) atoms. The van der Waals surface area contributed by atoms with Gasteiger partial charge in [-0.1, -0.05) is 136 Å². The molecule has 0 saturated heterocycles. The van der Waals surface area contributed by atoms with E-state index in [0.29, 0.717) is 17.5 Å². The number of benzene rings is 5. The molecule has 0 unspecified atom stereocenters. The molecule has 0 atom stereocenters. The minimum Gasteiger partial charge on any atom is -0.251 e. The smallest absolute Gasteiger partial charge is 0.164 e. The normalized spacial score (nSPS) is 11.7. The zero-order valence-electron chi connectivity index (χ0n) is 28.0. The fourth-order valence-electron chi connectivity index (χ4n) is 6.30. The average molecular weight is 634 g/mol. The van der Waals surface area contributed by atoms with Crippen molar-refractivity contribution in [3.8, 4) is 56.4 Å². The highest BCUT2D eigenvalue weighted by molar-refractivity contribution is 6.08. The number of nitrogens with zero attached hydrogens (tertiary/aromatic N) is 5. The first-order valence-corrected chi connectivity index (χ1v) is 16.6. The first-order valence-electron chi connectivity index (χ1n) is 16.6. The van der Waals surface area contributed by atoms with Crippen molar-refractivity contribution in [1.29, 1.82) is 0 Å². The van der Waals surface area contributed by atoms with Crippen LogP contribution < -0.4 is 0 Å². The molecule has 0 radical (unpaired) electrons. The van der Waals surface area contributed by atoms with Crippen LogP contribution in [0, 0.1) is 6.92 Å². The van der Waals surface area contributed by atoms with Crippen LogP contribution in [0.1, 0.15) is 32.2 Å². The Hall–Kier alpha value is -6.07. The van der Waals surface area contributed by atoms with Crippen LogP contribution in [0.2, 0.25) is 0 Å². The molecule has 0 fully saturated rings. The molecule has 0 N–H and O–H groups in total. The molecule has 8 aromatic rings. The molecule has 3 heterocycles. The molecule has 0 aliphatic carbocycles. The number of aryl methyl sites for hydroxylation is 1. The largest absolute Gasteiger partial charge is 0.251 e. The second-order valence-electron chi connectivity index (χ2n) is 13.5. The summed E-state index contributed by atoms with van der Waals surface area (Å²) in [4.78, 5) is 24.9. The van der Waals surface area contributed by atoms with E-state index in [-0.39, 0.29) is 5.41 Å². The summed E-state index contributed by atoms with van der Waals surface area (Å²) < 4.78 is 0. The molecule has 5 heteroatoms.